The number of rotatable bonds is 6. The van der Waals surface area contributed by atoms with Gasteiger partial charge in [-0.05, 0) is 61.0 Å². The summed E-state index contributed by atoms with van der Waals surface area (Å²) >= 11 is 0. The number of likely N-dealkylation sites (tertiary alicyclic amines) is 1. The van der Waals surface area contributed by atoms with Gasteiger partial charge in [0.15, 0.2) is 0 Å². The molecule has 1 aliphatic heterocycles. The van der Waals surface area contributed by atoms with Crippen molar-refractivity contribution in [2.75, 3.05) is 13.1 Å². The van der Waals surface area contributed by atoms with Crippen molar-refractivity contribution in [3.8, 4) is 11.4 Å². The maximum Gasteiger partial charge on any atom is 0.334 e. The van der Waals surface area contributed by atoms with Crippen LogP contribution in [0.2, 0.25) is 0 Å². The van der Waals surface area contributed by atoms with E-state index in [4.69, 9.17) is 4.74 Å². The van der Waals surface area contributed by atoms with E-state index in [0.29, 0.717) is 36.5 Å². The molecule has 0 aliphatic carbocycles. The van der Waals surface area contributed by atoms with Gasteiger partial charge in [-0.25, -0.2) is 13.6 Å². The number of benzene rings is 2. The third-order valence-electron chi connectivity index (χ3n) is 6.19. The fourth-order valence-corrected chi connectivity index (χ4v) is 4.46. The summed E-state index contributed by atoms with van der Waals surface area (Å²) in [5.41, 5.74) is 1.85. The largest absolute Gasteiger partial charge is 0.489 e. The first-order valence-corrected chi connectivity index (χ1v) is 11.1. The molecule has 0 spiro atoms. The number of hydrogen-bond acceptors (Lipinski definition) is 4. The van der Waals surface area contributed by atoms with E-state index in [-0.39, 0.29) is 29.8 Å². The topological polar surface area (TPSA) is 69.4 Å². The molecule has 0 radical (unpaired) electrons. The average Bonchev–Trinajstić information content (AvgIpc) is 3.46. The molecule has 7 nitrogen and oxygen atoms in total. The lowest BCUT2D eigenvalue weighted by atomic mass is 10.2. The van der Waals surface area contributed by atoms with Crippen molar-refractivity contribution in [3.05, 3.63) is 101 Å². The van der Waals surface area contributed by atoms with E-state index in [0.717, 1.165) is 23.7 Å². The fraction of sp³-hybridized carbons (Fsp3) is 0.192. The van der Waals surface area contributed by atoms with Gasteiger partial charge >= 0.3 is 5.69 Å². The Balaban J connectivity index is 1.44. The SMILES string of the molecule is C=CC(=O)N1CC[C@@H](n2c(=O)n(-c3ccc(OCc4cc(F)ccc4F)cc3)c3cnccc32)C1. The lowest BCUT2D eigenvalue weighted by Gasteiger charge is -2.15. The molecule has 0 saturated carbocycles. The first kappa shape index (κ1) is 22.5. The lowest BCUT2D eigenvalue weighted by molar-refractivity contribution is -0.125. The van der Waals surface area contributed by atoms with Crippen LogP contribution in [0.4, 0.5) is 8.78 Å². The number of imidazole rings is 1. The van der Waals surface area contributed by atoms with E-state index in [2.05, 4.69) is 11.6 Å². The van der Waals surface area contributed by atoms with Gasteiger partial charge in [0.2, 0.25) is 5.91 Å². The molecule has 4 aromatic rings. The smallest absolute Gasteiger partial charge is 0.334 e. The Morgan fingerprint density at radius 1 is 1.14 bits per heavy atom. The van der Waals surface area contributed by atoms with Crippen LogP contribution in [-0.2, 0) is 11.4 Å². The maximum atomic E-state index is 13.9. The molecular weight excluding hydrogens is 454 g/mol. The second kappa shape index (κ2) is 9.17. The van der Waals surface area contributed by atoms with Crippen LogP contribution in [0.15, 0.2) is 78.4 Å². The zero-order valence-corrected chi connectivity index (χ0v) is 18.7. The Morgan fingerprint density at radius 2 is 1.94 bits per heavy atom. The summed E-state index contributed by atoms with van der Waals surface area (Å²) in [7, 11) is 0. The van der Waals surface area contributed by atoms with Crippen molar-refractivity contribution >= 4 is 16.9 Å². The standard InChI is InChI=1S/C26H22F2N4O3/c1-2-25(33)30-12-10-20(15-30)32-23-9-11-29-14-24(23)31(26(32)34)19-4-6-21(7-5-19)35-16-17-13-18(27)3-8-22(17)28/h2-9,11,13-14,20H,1,10,12,15-16H2/t20-/m1/s1. The lowest BCUT2D eigenvalue weighted by Crippen LogP contribution is -2.31. The number of halogens is 2. The van der Waals surface area contributed by atoms with Gasteiger partial charge in [0.05, 0.1) is 29.0 Å². The summed E-state index contributed by atoms with van der Waals surface area (Å²) in [6, 6.07) is 11.6. The monoisotopic (exact) mass is 476 g/mol. The fourth-order valence-electron chi connectivity index (χ4n) is 4.46. The van der Waals surface area contributed by atoms with E-state index in [9.17, 15) is 18.4 Å². The molecule has 1 fully saturated rings. The number of ether oxygens (including phenoxy) is 1. The van der Waals surface area contributed by atoms with Gasteiger partial charge in [-0.15, -0.1) is 0 Å². The minimum atomic E-state index is -0.546. The van der Waals surface area contributed by atoms with Crippen molar-refractivity contribution in [3.63, 3.8) is 0 Å². The highest BCUT2D eigenvalue weighted by Gasteiger charge is 2.29. The van der Waals surface area contributed by atoms with Gasteiger partial charge in [-0.3, -0.25) is 18.9 Å². The van der Waals surface area contributed by atoms with Gasteiger partial charge < -0.3 is 9.64 Å². The molecular formula is C26H22F2N4O3. The molecule has 2 aromatic heterocycles. The van der Waals surface area contributed by atoms with E-state index < -0.39 is 11.6 Å². The molecule has 3 heterocycles. The quantitative estimate of drug-likeness (QED) is 0.395. The van der Waals surface area contributed by atoms with E-state index >= 15 is 0 Å². The number of aromatic nitrogens is 3. The number of carbonyl (C=O) groups is 1. The minimum absolute atomic E-state index is 0.111. The molecule has 5 rings (SSSR count). The molecule has 0 bridgehead atoms. The number of pyridine rings is 1. The number of carbonyl (C=O) groups excluding carboxylic acids is 1. The normalized spacial score (nSPS) is 15.5. The van der Waals surface area contributed by atoms with Gasteiger partial charge in [-0.1, -0.05) is 6.58 Å². The van der Waals surface area contributed by atoms with Crippen molar-refractivity contribution < 1.29 is 18.3 Å². The van der Waals surface area contributed by atoms with Crippen LogP contribution in [0, 0.1) is 11.6 Å². The Hall–Kier alpha value is -4.27. The zero-order chi connectivity index (χ0) is 24.5. The number of nitrogens with zero attached hydrogens (tertiary/aromatic N) is 4. The number of fused-ring (bicyclic) bond motifs is 1. The molecule has 178 valence electrons. The number of hydrogen-bond donors (Lipinski definition) is 0. The van der Waals surface area contributed by atoms with Crippen LogP contribution in [0.5, 0.6) is 5.75 Å². The Kier molecular flexibility index (Phi) is 5.90. The highest BCUT2D eigenvalue weighted by molar-refractivity contribution is 5.87. The third-order valence-corrected chi connectivity index (χ3v) is 6.19. The second-order valence-corrected chi connectivity index (χ2v) is 8.30. The van der Waals surface area contributed by atoms with Crippen LogP contribution in [-0.4, -0.2) is 38.0 Å². The van der Waals surface area contributed by atoms with Gasteiger partial charge in [-0.2, -0.15) is 0 Å². The van der Waals surface area contributed by atoms with Crippen LogP contribution in [0.25, 0.3) is 16.7 Å². The third kappa shape index (κ3) is 4.21. The van der Waals surface area contributed by atoms with Crippen LogP contribution in [0.1, 0.15) is 18.0 Å². The summed E-state index contributed by atoms with van der Waals surface area (Å²) in [5, 5.41) is 0. The number of amides is 1. The summed E-state index contributed by atoms with van der Waals surface area (Å²) in [4.78, 5) is 31.5. The van der Waals surface area contributed by atoms with Gasteiger partial charge in [0.25, 0.3) is 0 Å². The predicted molar refractivity (Wildman–Crippen MR) is 126 cm³/mol. The van der Waals surface area contributed by atoms with Crippen molar-refractivity contribution in [2.45, 2.75) is 19.1 Å². The molecule has 9 heteroatoms. The van der Waals surface area contributed by atoms with Crippen molar-refractivity contribution in [1.29, 1.82) is 0 Å². The second-order valence-electron chi connectivity index (χ2n) is 8.30. The molecule has 2 aromatic carbocycles. The van der Waals surface area contributed by atoms with Gasteiger partial charge in [0.1, 0.15) is 24.0 Å². The maximum absolute atomic E-state index is 13.9. The van der Waals surface area contributed by atoms with Gasteiger partial charge in [0, 0.05) is 24.8 Å². The molecule has 0 unspecified atom stereocenters. The predicted octanol–water partition coefficient (Wildman–Crippen LogP) is 4.00. The highest BCUT2D eigenvalue weighted by atomic mass is 19.1. The van der Waals surface area contributed by atoms with Crippen LogP contribution >= 0.6 is 0 Å². The molecule has 1 aliphatic rings. The first-order chi connectivity index (χ1) is 17.0. The summed E-state index contributed by atoms with van der Waals surface area (Å²) in [6.07, 6.45) is 5.20. The van der Waals surface area contributed by atoms with Crippen molar-refractivity contribution in [1.82, 2.24) is 19.0 Å². The Morgan fingerprint density at radius 3 is 2.71 bits per heavy atom. The van der Waals surface area contributed by atoms with Crippen LogP contribution in [0.3, 0.4) is 0 Å². The van der Waals surface area contributed by atoms with Crippen molar-refractivity contribution in [2.24, 2.45) is 0 Å². The molecule has 1 atom stereocenters. The molecule has 0 N–H and O–H groups in total. The highest BCUT2D eigenvalue weighted by Crippen LogP contribution is 2.27. The Bertz CT molecular complexity index is 1480. The summed E-state index contributed by atoms with van der Waals surface area (Å²) < 4.78 is 36.1. The summed E-state index contributed by atoms with van der Waals surface area (Å²) in [5.74, 6) is -0.791. The summed E-state index contributed by atoms with van der Waals surface area (Å²) in [6.45, 7) is 4.39. The first-order valence-electron chi connectivity index (χ1n) is 11.1. The van der Waals surface area contributed by atoms with E-state index in [1.54, 1.807) is 56.8 Å². The zero-order valence-electron chi connectivity index (χ0n) is 18.7. The molecule has 1 saturated heterocycles. The van der Waals surface area contributed by atoms with E-state index in [1.807, 2.05) is 0 Å². The van der Waals surface area contributed by atoms with Crippen LogP contribution < -0.4 is 10.4 Å². The average molecular weight is 476 g/mol. The molecule has 35 heavy (non-hydrogen) atoms. The van der Waals surface area contributed by atoms with E-state index in [1.165, 1.54) is 6.08 Å². The Labute approximate surface area is 199 Å². The molecule has 1 amide bonds. The minimum Gasteiger partial charge on any atom is -0.489 e.